The Labute approximate surface area is 189 Å². The van der Waals surface area contributed by atoms with E-state index in [1.807, 2.05) is 42.5 Å². The largest absolute Gasteiger partial charge is 0.473 e. The number of benzene rings is 3. The summed E-state index contributed by atoms with van der Waals surface area (Å²) in [6.45, 7) is 0.482. The maximum Gasteiger partial charge on any atom is 0.414 e. The van der Waals surface area contributed by atoms with Crippen molar-refractivity contribution in [3.05, 3.63) is 90.2 Å². The van der Waals surface area contributed by atoms with Gasteiger partial charge in [-0.25, -0.2) is 14.0 Å². The number of amides is 1. The van der Waals surface area contributed by atoms with Gasteiger partial charge in [-0.1, -0.05) is 48.5 Å². The van der Waals surface area contributed by atoms with Crippen LogP contribution in [0, 0.1) is 5.82 Å². The number of nitrogens with zero attached hydrogens (tertiary/aromatic N) is 1. The number of hydrogen-bond acceptors (Lipinski definition) is 5. The molecule has 0 saturated heterocycles. The van der Waals surface area contributed by atoms with Crippen LogP contribution in [0.4, 0.5) is 10.1 Å². The molecular weight excluding hydrogens is 431 g/mol. The van der Waals surface area contributed by atoms with Crippen LogP contribution in [-0.4, -0.2) is 46.6 Å². The fourth-order valence-electron chi connectivity index (χ4n) is 2.68. The molecule has 0 fully saturated rings. The highest BCUT2D eigenvalue weighted by Gasteiger charge is 2.12. The lowest BCUT2D eigenvalue weighted by Gasteiger charge is -2.18. The molecule has 9 heteroatoms. The summed E-state index contributed by atoms with van der Waals surface area (Å²) < 4.78 is 19.6. The number of carbonyl (C=O) groups is 3. The number of carboxylic acid groups (broad SMARTS) is 2. The molecule has 3 aromatic rings. The summed E-state index contributed by atoms with van der Waals surface area (Å²) >= 11 is 0. The molecule has 0 saturated carbocycles. The van der Waals surface area contributed by atoms with Gasteiger partial charge >= 0.3 is 11.9 Å². The number of ether oxygens (including phenoxy) is 1. The standard InChI is InChI=1S/C22H21FN2O2.C2H2O4/c1-25(15-17-9-5-6-12-19(17)23)16-22(26)24-20-13-7-8-14-21(20)27-18-10-3-2-4-11-18;3-1(4)2(5)6/h2-14H,15-16H2,1H3,(H,24,26);(H,3,4)(H,5,6). The van der Waals surface area contributed by atoms with Crippen LogP contribution in [0.5, 0.6) is 11.5 Å². The van der Waals surface area contributed by atoms with Crippen LogP contribution < -0.4 is 10.1 Å². The number of rotatable bonds is 7. The fourth-order valence-corrected chi connectivity index (χ4v) is 2.68. The Balaban J connectivity index is 0.000000569. The molecule has 3 N–H and O–H groups in total. The van der Waals surface area contributed by atoms with Gasteiger partial charge in [0.2, 0.25) is 5.91 Å². The Hall–Kier alpha value is -4.24. The Morgan fingerprint density at radius 1 is 0.879 bits per heavy atom. The molecule has 0 aromatic heterocycles. The van der Waals surface area contributed by atoms with Crippen molar-refractivity contribution < 1.29 is 33.7 Å². The third-order valence-electron chi connectivity index (χ3n) is 4.13. The number of para-hydroxylation sites is 3. The molecule has 8 nitrogen and oxygen atoms in total. The summed E-state index contributed by atoms with van der Waals surface area (Å²) in [6.07, 6.45) is 0. The van der Waals surface area contributed by atoms with Crippen LogP contribution in [0.25, 0.3) is 0 Å². The molecule has 0 atom stereocenters. The lowest BCUT2D eigenvalue weighted by Crippen LogP contribution is -2.30. The van der Waals surface area contributed by atoms with Crippen molar-refractivity contribution in [2.45, 2.75) is 6.54 Å². The van der Waals surface area contributed by atoms with Gasteiger partial charge in [0, 0.05) is 12.1 Å². The first-order chi connectivity index (χ1) is 15.8. The van der Waals surface area contributed by atoms with Crippen LogP contribution in [0.1, 0.15) is 5.56 Å². The first kappa shape index (κ1) is 25.0. The Morgan fingerprint density at radius 2 is 1.45 bits per heavy atom. The van der Waals surface area contributed by atoms with Gasteiger partial charge in [0.25, 0.3) is 0 Å². The van der Waals surface area contributed by atoms with Crippen molar-refractivity contribution in [2.75, 3.05) is 18.9 Å². The van der Waals surface area contributed by atoms with E-state index in [0.717, 1.165) is 0 Å². The summed E-state index contributed by atoms with van der Waals surface area (Å²) in [5.41, 5.74) is 1.14. The van der Waals surface area contributed by atoms with E-state index in [1.54, 1.807) is 42.3 Å². The number of hydrogen-bond donors (Lipinski definition) is 3. The number of aliphatic carboxylic acids is 2. The van der Waals surface area contributed by atoms with Crippen LogP contribution in [-0.2, 0) is 20.9 Å². The number of likely N-dealkylation sites (N-methyl/N-ethyl adjacent to an activating group) is 1. The SMILES string of the molecule is CN(CC(=O)Nc1ccccc1Oc1ccccc1)Cc1ccccc1F.O=C(O)C(=O)O. The molecule has 0 aliphatic carbocycles. The van der Waals surface area contributed by atoms with Gasteiger partial charge in [0.1, 0.15) is 11.6 Å². The second-order valence-electron chi connectivity index (χ2n) is 6.83. The van der Waals surface area contributed by atoms with Crippen molar-refractivity contribution >= 4 is 23.5 Å². The van der Waals surface area contributed by atoms with Gasteiger partial charge in [0.05, 0.1) is 12.2 Å². The van der Waals surface area contributed by atoms with Crippen molar-refractivity contribution in [3.63, 3.8) is 0 Å². The minimum absolute atomic E-state index is 0.133. The number of carbonyl (C=O) groups excluding carboxylic acids is 1. The number of anilines is 1. The van der Waals surface area contributed by atoms with E-state index in [-0.39, 0.29) is 18.3 Å². The highest BCUT2D eigenvalue weighted by molar-refractivity contribution is 6.27. The summed E-state index contributed by atoms with van der Waals surface area (Å²) in [6, 6.07) is 23.2. The highest BCUT2D eigenvalue weighted by atomic mass is 19.1. The van der Waals surface area contributed by atoms with E-state index >= 15 is 0 Å². The number of halogens is 1. The lowest BCUT2D eigenvalue weighted by molar-refractivity contribution is -0.159. The molecular formula is C24H23FN2O6. The Kier molecular flexibility index (Phi) is 9.54. The topological polar surface area (TPSA) is 116 Å². The first-order valence-corrected chi connectivity index (χ1v) is 9.76. The van der Waals surface area contributed by atoms with Gasteiger partial charge in [-0.15, -0.1) is 0 Å². The van der Waals surface area contributed by atoms with E-state index in [1.165, 1.54) is 6.07 Å². The summed E-state index contributed by atoms with van der Waals surface area (Å²) in [5, 5.41) is 17.6. The number of nitrogens with one attached hydrogen (secondary N) is 1. The van der Waals surface area contributed by atoms with E-state index in [2.05, 4.69) is 5.32 Å². The molecule has 3 rings (SSSR count). The predicted molar refractivity (Wildman–Crippen MR) is 120 cm³/mol. The van der Waals surface area contributed by atoms with Crippen molar-refractivity contribution in [3.8, 4) is 11.5 Å². The molecule has 0 aliphatic rings. The van der Waals surface area contributed by atoms with Crippen molar-refractivity contribution in [1.82, 2.24) is 4.90 Å². The molecule has 33 heavy (non-hydrogen) atoms. The summed E-state index contributed by atoms with van der Waals surface area (Å²) in [7, 11) is 1.78. The Morgan fingerprint density at radius 3 is 2.09 bits per heavy atom. The molecule has 1 amide bonds. The van der Waals surface area contributed by atoms with E-state index < -0.39 is 11.9 Å². The lowest BCUT2D eigenvalue weighted by atomic mass is 10.2. The summed E-state index contributed by atoms with van der Waals surface area (Å²) in [5.74, 6) is -2.86. The van der Waals surface area contributed by atoms with E-state index in [4.69, 9.17) is 24.5 Å². The zero-order valence-electron chi connectivity index (χ0n) is 17.8. The zero-order chi connectivity index (χ0) is 24.2. The third-order valence-corrected chi connectivity index (χ3v) is 4.13. The highest BCUT2D eigenvalue weighted by Crippen LogP contribution is 2.29. The normalized spacial score (nSPS) is 10.0. The molecule has 0 heterocycles. The van der Waals surface area contributed by atoms with Crippen molar-refractivity contribution in [1.29, 1.82) is 0 Å². The average Bonchev–Trinajstić information content (AvgIpc) is 2.77. The van der Waals surface area contributed by atoms with Gasteiger partial charge in [-0.05, 0) is 37.4 Å². The van der Waals surface area contributed by atoms with Crippen LogP contribution >= 0.6 is 0 Å². The van der Waals surface area contributed by atoms with Gasteiger partial charge in [-0.2, -0.15) is 0 Å². The van der Waals surface area contributed by atoms with E-state index in [0.29, 0.717) is 29.3 Å². The van der Waals surface area contributed by atoms with Gasteiger partial charge in [-0.3, -0.25) is 9.69 Å². The van der Waals surface area contributed by atoms with E-state index in [9.17, 15) is 9.18 Å². The molecule has 0 aliphatic heterocycles. The van der Waals surface area contributed by atoms with Crippen LogP contribution in [0.15, 0.2) is 78.9 Å². The average molecular weight is 454 g/mol. The van der Waals surface area contributed by atoms with Gasteiger partial charge < -0.3 is 20.3 Å². The van der Waals surface area contributed by atoms with Crippen LogP contribution in [0.3, 0.4) is 0 Å². The summed E-state index contributed by atoms with van der Waals surface area (Å²) in [4.78, 5) is 32.4. The minimum atomic E-state index is -1.82. The molecule has 0 radical (unpaired) electrons. The minimum Gasteiger partial charge on any atom is -0.473 e. The second kappa shape index (κ2) is 12.6. The molecule has 0 spiro atoms. The monoisotopic (exact) mass is 454 g/mol. The molecule has 0 unspecified atom stereocenters. The quantitative estimate of drug-likeness (QED) is 0.465. The second-order valence-corrected chi connectivity index (χ2v) is 6.83. The zero-order valence-corrected chi connectivity index (χ0v) is 17.8. The first-order valence-electron chi connectivity index (χ1n) is 9.76. The fraction of sp³-hybridized carbons (Fsp3) is 0.125. The molecule has 3 aromatic carbocycles. The third kappa shape index (κ3) is 8.80. The maximum atomic E-state index is 13.8. The van der Waals surface area contributed by atoms with Gasteiger partial charge in [0.15, 0.2) is 5.75 Å². The van der Waals surface area contributed by atoms with Crippen LogP contribution in [0.2, 0.25) is 0 Å². The number of carboxylic acids is 2. The van der Waals surface area contributed by atoms with Crippen molar-refractivity contribution in [2.24, 2.45) is 0 Å². The Bertz CT molecular complexity index is 1080. The molecule has 0 bridgehead atoms. The molecule has 172 valence electrons. The predicted octanol–water partition coefficient (Wildman–Crippen LogP) is 3.84. The maximum absolute atomic E-state index is 13.8. The smallest absolute Gasteiger partial charge is 0.414 e.